The molecule has 2 aromatic carbocycles. The van der Waals surface area contributed by atoms with E-state index in [0.29, 0.717) is 25.3 Å². The quantitative estimate of drug-likeness (QED) is 0.337. The minimum absolute atomic E-state index is 0.0571. The lowest BCUT2D eigenvalue weighted by molar-refractivity contribution is -0.146. The van der Waals surface area contributed by atoms with Crippen molar-refractivity contribution in [3.63, 3.8) is 0 Å². The van der Waals surface area contributed by atoms with Crippen molar-refractivity contribution in [1.82, 2.24) is 4.98 Å². The number of rotatable bonds is 6. The average molecular weight is 601 g/mol. The molecule has 0 amide bonds. The summed E-state index contributed by atoms with van der Waals surface area (Å²) in [6, 6.07) is 10.5. The Labute approximate surface area is 230 Å². The number of aromatic nitrogens is 1. The number of anilines is 1. The summed E-state index contributed by atoms with van der Waals surface area (Å²) in [5.74, 6) is -1.44. The van der Waals surface area contributed by atoms with Crippen LogP contribution in [-0.2, 0) is 27.2 Å². The summed E-state index contributed by atoms with van der Waals surface area (Å²) in [5.41, 5.74) is -2.37. The molecule has 1 aromatic heterocycles. The highest BCUT2D eigenvalue weighted by molar-refractivity contribution is 7.92. The van der Waals surface area contributed by atoms with Gasteiger partial charge in [0.15, 0.2) is 0 Å². The van der Waals surface area contributed by atoms with Gasteiger partial charge in [0.25, 0.3) is 10.0 Å². The first-order valence-electron chi connectivity index (χ1n) is 12.4. The summed E-state index contributed by atoms with van der Waals surface area (Å²) in [5, 5.41) is 9.16. The molecule has 2 aliphatic rings. The Morgan fingerprint density at radius 3 is 2.34 bits per heavy atom. The molecule has 1 aliphatic carbocycles. The number of aliphatic carboxylic acids is 1. The van der Waals surface area contributed by atoms with Crippen molar-refractivity contribution < 1.29 is 49.4 Å². The fourth-order valence-corrected chi connectivity index (χ4v) is 6.58. The van der Waals surface area contributed by atoms with Gasteiger partial charge in [-0.3, -0.25) is 9.10 Å². The molecule has 1 atom stereocenters. The van der Waals surface area contributed by atoms with Crippen molar-refractivity contribution in [3.05, 3.63) is 71.9 Å². The second-order valence-electron chi connectivity index (χ2n) is 10.00. The van der Waals surface area contributed by atoms with Crippen molar-refractivity contribution in [1.29, 1.82) is 0 Å². The predicted molar refractivity (Wildman–Crippen MR) is 134 cm³/mol. The summed E-state index contributed by atoms with van der Waals surface area (Å²) < 4.78 is 114. The zero-order chi connectivity index (χ0) is 29.7. The van der Waals surface area contributed by atoms with Crippen LogP contribution in [-0.4, -0.2) is 37.1 Å². The lowest BCUT2D eigenvalue weighted by atomic mass is 9.72. The van der Waals surface area contributed by atoms with E-state index >= 15 is 0 Å². The fourth-order valence-electron chi connectivity index (χ4n) is 5.04. The summed E-state index contributed by atoms with van der Waals surface area (Å²) in [6.07, 6.45) is -9.22. The number of halogens is 6. The van der Waals surface area contributed by atoms with Gasteiger partial charge in [0, 0.05) is 5.56 Å². The first-order chi connectivity index (χ1) is 19.1. The van der Waals surface area contributed by atoms with Gasteiger partial charge >= 0.3 is 18.3 Å². The van der Waals surface area contributed by atoms with Crippen molar-refractivity contribution in [2.75, 3.05) is 10.8 Å². The van der Waals surface area contributed by atoms with Crippen LogP contribution in [0.2, 0.25) is 0 Å². The predicted octanol–water partition coefficient (Wildman–Crippen LogP) is 6.24. The molecule has 1 saturated carbocycles. The van der Waals surface area contributed by atoms with E-state index in [1.54, 1.807) is 0 Å². The first-order valence-corrected chi connectivity index (χ1v) is 13.8. The van der Waals surface area contributed by atoms with Crippen LogP contribution in [0.4, 0.5) is 32.0 Å². The van der Waals surface area contributed by atoms with Gasteiger partial charge in [-0.1, -0.05) is 12.1 Å². The van der Waals surface area contributed by atoms with Gasteiger partial charge in [0.05, 0.1) is 34.3 Å². The van der Waals surface area contributed by atoms with Crippen LogP contribution in [0.1, 0.15) is 30.5 Å². The SMILES string of the molecule is O=C(O)C1CC(CC2CN(S(=O)(=O)c3cccc(C(F)(F)F)c3)c3cc(-c4cccc(C(F)(F)F)n4)ccc3O2)C1. The molecular weight excluding hydrogens is 578 g/mol. The Morgan fingerprint density at radius 1 is 0.976 bits per heavy atom. The number of carbonyl (C=O) groups is 1. The zero-order valence-corrected chi connectivity index (χ0v) is 21.8. The van der Waals surface area contributed by atoms with Crippen molar-refractivity contribution in [2.45, 2.75) is 42.6 Å². The molecule has 5 rings (SSSR count). The van der Waals surface area contributed by atoms with E-state index in [1.165, 1.54) is 24.3 Å². The maximum absolute atomic E-state index is 13.8. The molecule has 1 aliphatic heterocycles. The number of nitrogens with zero attached hydrogens (tertiary/aromatic N) is 2. The number of sulfonamides is 1. The van der Waals surface area contributed by atoms with Gasteiger partial charge in [-0.25, -0.2) is 13.4 Å². The molecule has 0 radical (unpaired) electrons. The maximum atomic E-state index is 13.8. The highest BCUT2D eigenvalue weighted by Crippen LogP contribution is 2.44. The molecule has 218 valence electrons. The van der Waals surface area contributed by atoms with Crippen molar-refractivity contribution in [3.8, 4) is 17.0 Å². The minimum Gasteiger partial charge on any atom is -0.486 e. The number of hydrogen-bond donors (Lipinski definition) is 1. The van der Waals surface area contributed by atoms with Crippen LogP contribution >= 0.6 is 0 Å². The summed E-state index contributed by atoms with van der Waals surface area (Å²) in [7, 11) is -4.61. The molecule has 2 heterocycles. The second-order valence-corrected chi connectivity index (χ2v) is 11.9. The topological polar surface area (TPSA) is 96.8 Å². The molecular formula is C27H22F6N2O5S. The molecule has 3 aromatic rings. The second kappa shape index (κ2) is 10.2. The van der Waals surface area contributed by atoms with Gasteiger partial charge in [0.2, 0.25) is 0 Å². The number of pyridine rings is 1. The normalized spacial score (nSPS) is 21.0. The molecule has 0 bridgehead atoms. The van der Waals surface area contributed by atoms with Gasteiger partial charge < -0.3 is 9.84 Å². The van der Waals surface area contributed by atoms with Crippen LogP contribution in [0.3, 0.4) is 0 Å². The van der Waals surface area contributed by atoms with Gasteiger partial charge in [-0.05, 0) is 73.7 Å². The number of carboxylic acid groups (broad SMARTS) is 1. The van der Waals surface area contributed by atoms with E-state index < -0.39 is 56.5 Å². The number of hydrogen-bond acceptors (Lipinski definition) is 5. The third-order valence-corrected chi connectivity index (χ3v) is 8.93. The Bertz CT molecular complexity index is 1590. The Morgan fingerprint density at radius 2 is 1.68 bits per heavy atom. The number of alkyl halides is 6. The highest BCUT2D eigenvalue weighted by atomic mass is 32.2. The largest absolute Gasteiger partial charge is 0.486 e. The van der Waals surface area contributed by atoms with E-state index in [2.05, 4.69) is 4.98 Å². The number of fused-ring (bicyclic) bond motifs is 1. The first kappa shape index (κ1) is 28.7. The van der Waals surface area contributed by atoms with Crippen LogP contribution < -0.4 is 9.04 Å². The number of benzene rings is 2. The molecule has 14 heteroatoms. The Hall–Kier alpha value is -3.81. The van der Waals surface area contributed by atoms with E-state index in [9.17, 15) is 39.6 Å². The monoisotopic (exact) mass is 600 g/mol. The average Bonchev–Trinajstić information content (AvgIpc) is 2.88. The van der Waals surface area contributed by atoms with Gasteiger partial charge in [0.1, 0.15) is 17.5 Å². The lowest BCUT2D eigenvalue weighted by Gasteiger charge is -2.40. The van der Waals surface area contributed by atoms with Crippen molar-refractivity contribution in [2.24, 2.45) is 11.8 Å². The van der Waals surface area contributed by atoms with Gasteiger partial charge in [-0.2, -0.15) is 26.3 Å². The van der Waals surface area contributed by atoms with E-state index in [-0.39, 0.29) is 35.2 Å². The molecule has 1 unspecified atom stereocenters. The smallest absolute Gasteiger partial charge is 0.433 e. The number of carboxylic acids is 1. The Kier molecular flexibility index (Phi) is 7.16. The zero-order valence-electron chi connectivity index (χ0n) is 21.0. The standard InChI is InChI=1S/C27H22F6N2O5S/c28-26(29,30)18-3-1-4-20(13-18)41(38,39)35-14-19(11-15-9-17(10-15)25(36)37)40-23-8-7-16(12-22(23)35)21-5-2-6-24(34-21)27(31,32)33/h1-8,12-13,15,17,19H,9-11,14H2,(H,36,37). The highest BCUT2D eigenvalue weighted by Gasteiger charge is 2.41. The molecule has 0 spiro atoms. The molecule has 41 heavy (non-hydrogen) atoms. The lowest BCUT2D eigenvalue weighted by Crippen LogP contribution is -2.45. The van der Waals surface area contributed by atoms with Crippen molar-refractivity contribution >= 4 is 21.7 Å². The maximum Gasteiger partial charge on any atom is 0.433 e. The number of ether oxygens (including phenoxy) is 1. The van der Waals surface area contributed by atoms with E-state index in [1.807, 2.05) is 0 Å². The summed E-state index contributed by atoms with van der Waals surface area (Å²) >= 11 is 0. The Balaban J connectivity index is 1.54. The van der Waals surface area contributed by atoms with E-state index in [4.69, 9.17) is 9.84 Å². The molecule has 0 saturated heterocycles. The third-order valence-electron chi connectivity index (χ3n) is 7.16. The fraction of sp³-hybridized carbons (Fsp3) is 0.333. The molecule has 1 fully saturated rings. The van der Waals surface area contributed by atoms with Crippen LogP contribution in [0.25, 0.3) is 11.3 Å². The van der Waals surface area contributed by atoms with Crippen LogP contribution in [0, 0.1) is 11.8 Å². The molecule has 7 nitrogen and oxygen atoms in total. The van der Waals surface area contributed by atoms with Gasteiger partial charge in [-0.15, -0.1) is 0 Å². The third kappa shape index (κ3) is 5.83. The van der Waals surface area contributed by atoms with Crippen LogP contribution in [0.5, 0.6) is 5.75 Å². The minimum atomic E-state index is -4.80. The van der Waals surface area contributed by atoms with Crippen LogP contribution in [0.15, 0.2) is 65.6 Å². The van der Waals surface area contributed by atoms with E-state index in [0.717, 1.165) is 34.6 Å². The summed E-state index contributed by atoms with van der Waals surface area (Å²) in [4.78, 5) is 14.2. The molecule has 1 N–H and O–H groups in total. The summed E-state index contributed by atoms with van der Waals surface area (Å²) in [6.45, 7) is -0.306.